The molecule has 0 unspecified atom stereocenters. The number of esters is 1. The minimum Gasteiger partial charge on any atom is -0.478 e. The highest BCUT2D eigenvalue weighted by molar-refractivity contribution is 6.00. The van der Waals surface area contributed by atoms with Crippen LogP contribution in [-0.4, -0.2) is 34.4 Å². The van der Waals surface area contributed by atoms with Gasteiger partial charge in [-0.3, -0.25) is 5.10 Å². The first kappa shape index (κ1) is 8.25. The molecule has 1 rings (SSSR count). The number of carbonyl (C=O) groups is 2. The van der Waals surface area contributed by atoms with E-state index >= 15 is 0 Å². The maximum Gasteiger partial charge on any atom is 0.359 e. The molecule has 0 aliphatic rings. The summed E-state index contributed by atoms with van der Waals surface area (Å²) >= 11 is 0. The number of hydrogen-bond acceptors (Lipinski definition) is 4. The molecule has 0 amide bonds. The Hall–Kier alpha value is -1.85. The molecule has 1 aromatic heterocycles. The van der Waals surface area contributed by atoms with Crippen molar-refractivity contribution in [3.63, 3.8) is 0 Å². The Morgan fingerprint density at radius 1 is 1.67 bits per heavy atom. The largest absolute Gasteiger partial charge is 0.478 e. The number of aromatic nitrogens is 2. The molecule has 0 radical (unpaired) electrons. The Labute approximate surface area is 67.2 Å². The number of carboxylic acid groups (broad SMARTS) is 1. The standard InChI is InChI=1S/C6H6N2O4/c1-12-6(11)4-3(5(9)10)2-7-8-4/h2H,1H3,(H,7,8)(H,9,10). The molecule has 0 aliphatic heterocycles. The van der Waals surface area contributed by atoms with Crippen LogP contribution in [0, 0.1) is 0 Å². The molecule has 0 spiro atoms. The molecule has 1 aromatic rings. The summed E-state index contributed by atoms with van der Waals surface area (Å²) in [5, 5.41) is 14.2. The van der Waals surface area contributed by atoms with E-state index in [-0.39, 0.29) is 11.3 Å². The van der Waals surface area contributed by atoms with Gasteiger partial charge in [0.2, 0.25) is 0 Å². The van der Waals surface area contributed by atoms with E-state index in [1.807, 2.05) is 0 Å². The third kappa shape index (κ3) is 1.26. The van der Waals surface area contributed by atoms with Crippen LogP contribution in [0.5, 0.6) is 0 Å². The zero-order valence-corrected chi connectivity index (χ0v) is 6.20. The van der Waals surface area contributed by atoms with E-state index in [9.17, 15) is 9.59 Å². The molecule has 0 aromatic carbocycles. The number of aromatic carboxylic acids is 1. The smallest absolute Gasteiger partial charge is 0.359 e. The lowest BCUT2D eigenvalue weighted by atomic mass is 10.2. The fraction of sp³-hybridized carbons (Fsp3) is 0.167. The van der Waals surface area contributed by atoms with E-state index in [0.717, 1.165) is 13.3 Å². The van der Waals surface area contributed by atoms with Crippen LogP contribution in [0.2, 0.25) is 0 Å². The number of nitrogens with one attached hydrogen (secondary N) is 1. The second-order valence-electron chi connectivity index (χ2n) is 1.94. The van der Waals surface area contributed by atoms with Crippen molar-refractivity contribution >= 4 is 11.9 Å². The van der Waals surface area contributed by atoms with E-state index in [0.29, 0.717) is 0 Å². The fourth-order valence-electron chi connectivity index (χ4n) is 0.705. The van der Waals surface area contributed by atoms with Gasteiger partial charge in [-0.1, -0.05) is 0 Å². The van der Waals surface area contributed by atoms with Gasteiger partial charge in [-0.15, -0.1) is 0 Å². The molecule has 6 heteroatoms. The molecule has 0 bridgehead atoms. The number of hydrogen-bond donors (Lipinski definition) is 2. The summed E-state index contributed by atoms with van der Waals surface area (Å²) in [6, 6.07) is 0. The highest BCUT2D eigenvalue weighted by atomic mass is 16.5. The van der Waals surface area contributed by atoms with Crippen molar-refractivity contribution < 1.29 is 19.4 Å². The molecule has 1 heterocycles. The quantitative estimate of drug-likeness (QED) is 0.604. The van der Waals surface area contributed by atoms with Crippen molar-refractivity contribution in [2.24, 2.45) is 0 Å². The maximum absolute atomic E-state index is 10.8. The number of carbonyl (C=O) groups excluding carboxylic acids is 1. The molecule has 0 saturated carbocycles. The summed E-state index contributed by atoms with van der Waals surface area (Å²) in [5.74, 6) is -1.99. The minimum atomic E-state index is -1.22. The molecular formula is C6H6N2O4. The number of aromatic amines is 1. The zero-order chi connectivity index (χ0) is 9.14. The molecular weight excluding hydrogens is 164 g/mol. The van der Waals surface area contributed by atoms with Gasteiger partial charge < -0.3 is 9.84 Å². The number of methoxy groups -OCH3 is 1. The number of ether oxygens (including phenoxy) is 1. The van der Waals surface area contributed by atoms with Gasteiger partial charge in [0.25, 0.3) is 0 Å². The normalized spacial score (nSPS) is 9.42. The molecule has 0 aliphatic carbocycles. The average molecular weight is 170 g/mol. The van der Waals surface area contributed by atoms with Crippen molar-refractivity contribution in [1.82, 2.24) is 10.2 Å². The van der Waals surface area contributed by atoms with Gasteiger partial charge in [-0.25, -0.2) is 9.59 Å². The van der Waals surface area contributed by atoms with E-state index in [1.54, 1.807) is 0 Å². The summed E-state index contributed by atoms with van der Waals surface area (Å²) in [4.78, 5) is 21.3. The number of rotatable bonds is 2. The van der Waals surface area contributed by atoms with Gasteiger partial charge in [-0.05, 0) is 0 Å². The SMILES string of the molecule is COC(=O)c1n[nH]cc1C(=O)O. The summed E-state index contributed by atoms with van der Waals surface area (Å²) in [6.07, 6.45) is 1.12. The van der Waals surface area contributed by atoms with Gasteiger partial charge >= 0.3 is 11.9 Å². The van der Waals surface area contributed by atoms with Crippen LogP contribution in [0.25, 0.3) is 0 Å². The Morgan fingerprint density at radius 3 is 2.83 bits per heavy atom. The van der Waals surface area contributed by atoms with Crippen molar-refractivity contribution in [3.05, 3.63) is 17.5 Å². The van der Waals surface area contributed by atoms with Crippen LogP contribution in [0.15, 0.2) is 6.20 Å². The third-order valence-corrected chi connectivity index (χ3v) is 1.25. The van der Waals surface area contributed by atoms with E-state index < -0.39 is 11.9 Å². The van der Waals surface area contributed by atoms with Crippen LogP contribution in [0.3, 0.4) is 0 Å². The lowest BCUT2D eigenvalue weighted by Crippen LogP contribution is -2.08. The molecule has 6 nitrogen and oxygen atoms in total. The summed E-state index contributed by atoms with van der Waals surface area (Å²) < 4.78 is 4.30. The third-order valence-electron chi connectivity index (χ3n) is 1.25. The lowest BCUT2D eigenvalue weighted by Gasteiger charge is -1.94. The highest BCUT2D eigenvalue weighted by Crippen LogP contribution is 2.04. The van der Waals surface area contributed by atoms with E-state index in [2.05, 4.69) is 14.9 Å². The molecule has 0 atom stereocenters. The first-order valence-corrected chi connectivity index (χ1v) is 3.02. The fourth-order valence-corrected chi connectivity index (χ4v) is 0.705. The first-order valence-electron chi connectivity index (χ1n) is 3.02. The van der Waals surface area contributed by atoms with Crippen LogP contribution >= 0.6 is 0 Å². The lowest BCUT2D eigenvalue weighted by molar-refractivity contribution is 0.0577. The van der Waals surface area contributed by atoms with Crippen molar-refractivity contribution in [2.75, 3.05) is 7.11 Å². The summed E-state index contributed by atoms with van der Waals surface area (Å²) in [5.41, 5.74) is -0.410. The highest BCUT2D eigenvalue weighted by Gasteiger charge is 2.19. The van der Waals surface area contributed by atoms with Gasteiger partial charge in [0.05, 0.1) is 7.11 Å². The predicted octanol–water partition coefficient (Wildman–Crippen LogP) is -0.106. The Morgan fingerprint density at radius 2 is 2.33 bits per heavy atom. The molecule has 12 heavy (non-hydrogen) atoms. The summed E-state index contributed by atoms with van der Waals surface area (Å²) in [6.45, 7) is 0. The minimum absolute atomic E-state index is 0.193. The topological polar surface area (TPSA) is 92.3 Å². The number of carboxylic acids is 1. The van der Waals surface area contributed by atoms with Crippen LogP contribution in [0.4, 0.5) is 0 Å². The Balaban J connectivity index is 3.07. The molecule has 64 valence electrons. The van der Waals surface area contributed by atoms with E-state index in [1.165, 1.54) is 0 Å². The van der Waals surface area contributed by atoms with Gasteiger partial charge in [0, 0.05) is 6.20 Å². The predicted molar refractivity (Wildman–Crippen MR) is 36.9 cm³/mol. The van der Waals surface area contributed by atoms with Crippen LogP contribution < -0.4 is 0 Å². The first-order chi connectivity index (χ1) is 5.66. The second-order valence-corrected chi connectivity index (χ2v) is 1.94. The Kier molecular flexibility index (Phi) is 2.09. The number of H-pyrrole nitrogens is 1. The van der Waals surface area contributed by atoms with Crippen molar-refractivity contribution in [1.29, 1.82) is 0 Å². The molecule has 0 saturated heterocycles. The number of nitrogens with zero attached hydrogens (tertiary/aromatic N) is 1. The van der Waals surface area contributed by atoms with Crippen molar-refractivity contribution in [3.8, 4) is 0 Å². The van der Waals surface area contributed by atoms with Gasteiger partial charge in [0.1, 0.15) is 5.56 Å². The molecule has 0 fully saturated rings. The Bertz CT molecular complexity index is 317. The maximum atomic E-state index is 10.8. The average Bonchev–Trinajstić information content (AvgIpc) is 2.50. The van der Waals surface area contributed by atoms with E-state index in [4.69, 9.17) is 5.11 Å². The second kappa shape index (κ2) is 3.04. The molecule has 2 N–H and O–H groups in total. The van der Waals surface area contributed by atoms with Gasteiger partial charge in [0.15, 0.2) is 5.69 Å². The monoisotopic (exact) mass is 170 g/mol. The van der Waals surface area contributed by atoms with Crippen molar-refractivity contribution in [2.45, 2.75) is 0 Å². The van der Waals surface area contributed by atoms with Crippen LogP contribution in [0.1, 0.15) is 20.8 Å². The summed E-state index contributed by atoms with van der Waals surface area (Å²) in [7, 11) is 1.16. The van der Waals surface area contributed by atoms with Gasteiger partial charge in [-0.2, -0.15) is 5.10 Å². The zero-order valence-electron chi connectivity index (χ0n) is 6.20. The van der Waals surface area contributed by atoms with Crippen LogP contribution in [-0.2, 0) is 4.74 Å².